The summed E-state index contributed by atoms with van der Waals surface area (Å²) in [6, 6.07) is 11.3. The van der Waals surface area contributed by atoms with Crippen molar-refractivity contribution in [2.24, 2.45) is 0 Å². The van der Waals surface area contributed by atoms with E-state index in [1.807, 2.05) is 0 Å². The lowest BCUT2D eigenvalue weighted by Gasteiger charge is -2.09. The van der Waals surface area contributed by atoms with Gasteiger partial charge in [0.1, 0.15) is 5.82 Å². The van der Waals surface area contributed by atoms with Gasteiger partial charge < -0.3 is 10.4 Å². The lowest BCUT2D eigenvalue weighted by molar-refractivity contribution is 0.0696. The largest absolute Gasteiger partial charge is 0.478 e. The number of carboxylic acids is 1. The maximum Gasteiger partial charge on any atom is 0.335 e. The minimum absolute atomic E-state index is 0.259. The second-order valence-corrected chi connectivity index (χ2v) is 4.31. The first-order valence-electron chi connectivity index (χ1n) is 5.88. The van der Waals surface area contributed by atoms with Crippen LogP contribution in [0.1, 0.15) is 21.5 Å². The van der Waals surface area contributed by atoms with E-state index in [9.17, 15) is 9.18 Å². The van der Waals surface area contributed by atoms with E-state index in [4.69, 9.17) is 5.11 Å². The van der Waals surface area contributed by atoms with Crippen molar-refractivity contribution in [1.29, 1.82) is 0 Å². The molecular weight excluding hydrogens is 245 g/mol. The van der Waals surface area contributed by atoms with Gasteiger partial charge in [0.2, 0.25) is 0 Å². The minimum atomic E-state index is -0.928. The third-order valence-corrected chi connectivity index (χ3v) is 2.87. The van der Waals surface area contributed by atoms with E-state index in [-0.39, 0.29) is 5.82 Å². The average Bonchev–Trinajstić information content (AvgIpc) is 2.37. The highest BCUT2D eigenvalue weighted by atomic mass is 19.1. The Hall–Kier alpha value is -2.36. The monoisotopic (exact) mass is 259 g/mol. The Morgan fingerprint density at radius 2 is 1.89 bits per heavy atom. The molecule has 0 saturated carbocycles. The molecule has 2 rings (SSSR count). The molecule has 0 radical (unpaired) electrons. The van der Waals surface area contributed by atoms with Crippen molar-refractivity contribution in [3.05, 3.63) is 65.0 Å². The number of anilines is 1. The molecule has 0 aromatic heterocycles. The topological polar surface area (TPSA) is 49.3 Å². The predicted molar refractivity (Wildman–Crippen MR) is 71.9 cm³/mol. The first-order valence-corrected chi connectivity index (χ1v) is 5.88. The molecular formula is C15H14FNO2. The van der Waals surface area contributed by atoms with Crippen LogP contribution in [0.2, 0.25) is 0 Å². The second kappa shape index (κ2) is 5.52. The van der Waals surface area contributed by atoms with Gasteiger partial charge in [-0.05, 0) is 48.4 Å². The number of hydrogen-bond acceptors (Lipinski definition) is 2. The van der Waals surface area contributed by atoms with Gasteiger partial charge in [-0.1, -0.05) is 12.1 Å². The zero-order chi connectivity index (χ0) is 13.8. The number of halogens is 1. The zero-order valence-corrected chi connectivity index (χ0v) is 10.5. The molecule has 0 aliphatic carbocycles. The van der Waals surface area contributed by atoms with E-state index in [1.54, 1.807) is 37.3 Å². The maximum atomic E-state index is 12.7. The van der Waals surface area contributed by atoms with Crippen molar-refractivity contribution in [2.75, 3.05) is 5.32 Å². The average molecular weight is 259 g/mol. The Balaban J connectivity index is 2.06. The van der Waals surface area contributed by atoms with Gasteiger partial charge in [-0.3, -0.25) is 0 Å². The van der Waals surface area contributed by atoms with Gasteiger partial charge in [-0.15, -0.1) is 0 Å². The van der Waals surface area contributed by atoms with E-state index in [2.05, 4.69) is 5.32 Å². The van der Waals surface area contributed by atoms with E-state index in [0.29, 0.717) is 17.7 Å². The summed E-state index contributed by atoms with van der Waals surface area (Å²) in [7, 11) is 0. The Labute approximate surface area is 110 Å². The molecule has 0 unspecified atom stereocenters. The summed E-state index contributed by atoms with van der Waals surface area (Å²) in [5.74, 6) is -1.19. The fourth-order valence-corrected chi connectivity index (χ4v) is 1.82. The number of rotatable bonds is 4. The van der Waals surface area contributed by atoms with Crippen molar-refractivity contribution in [3.63, 3.8) is 0 Å². The van der Waals surface area contributed by atoms with Crippen molar-refractivity contribution in [1.82, 2.24) is 0 Å². The normalized spacial score (nSPS) is 10.2. The number of carbonyl (C=O) groups is 1. The van der Waals surface area contributed by atoms with Gasteiger partial charge in [-0.2, -0.15) is 0 Å². The molecule has 0 amide bonds. The Bertz CT molecular complexity index is 594. The molecule has 0 atom stereocenters. The zero-order valence-electron chi connectivity index (χ0n) is 10.5. The molecule has 0 saturated heterocycles. The molecule has 3 nitrogen and oxygen atoms in total. The van der Waals surface area contributed by atoms with Crippen molar-refractivity contribution >= 4 is 11.7 Å². The SMILES string of the molecule is Cc1cc(NCc2ccc(F)cc2)ccc1C(=O)O. The highest BCUT2D eigenvalue weighted by molar-refractivity contribution is 5.89. The van der Waals surface area contributed by atoms with Gasteiger partial charge >= 0.3 is 5.97 Å². The number of nitrogens with one attached hydrogen (secondary N) is 1. The minimum Gasteiger partial charge on any atom is -0.478 e. The molecule has 0 bridgehead atoms. The quantitative estimate of drug-likeness (QED) is 0.884. The summed E-state index contributed by atoms with van der Waals surface area (Å²) in [6.07, 6.45) is 0. The fourth-order valence-electron chi connectivity index (χ4n) is 1.82. The molecule has 2 aromatic carbocycles. The summed E-state index contributed by atoms with van der Waals surface area (Å²) in [5.41, 5.74) is 2.80. The van der Waals surface area contributed by atoms with Crippen molar-refractivity contribution in [3.8, 4) is 0 Å². The first-order chi connectivity index (χ1) is 9.06. The molecule has 0 aliphatic rings. The summed E-state index contributed by atoms with van der Waals surface area (Å²) < 4.78 is 12.7. The molecule has 0 spiro atoms. The Morgan fingerprint density at radius 1 is 1.21 bits per heavy atom. The molecule has 2 aromatic rings. The summed E-state index contributed by atoms with van der Waals surface area (Å²) in [5, 5.41) is 12.1. The molecule has 4 heteroatoms. The summed E-state index contributed by atoms with van der Waals surface area (Å²) in [4.78, 5) is 10.9. The van der Waals surface area contributed by atoms with Crippen molar-refractivity contribution < 1.29 is 14.3 Å². The standard InChI is InChI=1S/C15H14FNO2/c1-10-8-13(6-7-14(10)15(18)19)17-9-11-2-4-12(16)5-3-11/h2-8,17H,9H2,1H3,(H,18,19). The third-order valence-electron chi connectivity index (χ3n) is 2.87. The molecule has 0 fully saturated rings. The number of benzene rings is 2. The van der Waals surface area contributed by atoms with Crippen LogP contribution in [0.25, 0.3) is 0 Å². The van der Waals surface area contributed by atoms with Gasteiger partial charge in [0, 0.05) is 12.2 Å². The third kappa shape index (κ3) is 3.31. The van der Waals surface area contributed by atoms with Crippen LogP contribution in [0.4, 0.5) is 10.1 Å². The van der Waals surface area contributed by atoms with E-state index in [0.717, 1.165) is 11.3 Å². The lowest BCUT2D eigenvalue weighted by Crippen LogP contribution is -2.03. The predicted octanol–water partition coefficient (Wildman–Crippen LogP) is 3.44. The van der Waals surface area contributed by atoms with Gasteiger partial charge in [0.25, 0.3) is 0 Å². The maximum absolute atomic E-state index is 12.7. The van der Waals surface area contributed by atoms with E-state index in [1.165, 1.54) is 12.1 Å². The van der Waals surface area contributed by atoms with Crippen LogP contribution >= 0.6 is 0 Å². The molecule has 0 heterocycles. The highest BCUT2D eigenvalue weighted by Gasteiger charge is 2.06. The second-order valence-electron chi connectivity index (χ2n) is 4.31. The Morgan fingerprint density at radius 3 is 2.47 bits per heavy atom. The number of carboxylic acid groups (broad SMARTS) is 1. The van der Waals surface area contributed by atoms with Crippen LogP contribution in [-0.4, -0.2) is 11.1 Å². The van der Waals surface area contributed by atoms with Gasteiger partial charge in [0.05, 0.1) is 5.56 Å². The molecule has 0 aliphatic heterocycles. The van der Waals surface area contributed by atoms with Crippen LogP contribution in [0.3, 0.4) is 0 Å². The fraction of sp³-hybridized carbons (Fsp3) is 0.133. The first kappa shape index (κ1) is 13.1. The van der Waals surface area contributed by atoms with Crippen LogP contribution < -0.4 is 5.32 Å². The lowest BCUT2D eigenvalue weighted by atomic mass is 10.1. The number of aryl methyl sites for hydroxylation is 1. The van der Waals surface area contributed by atoms with Crippen LogP contribution in [-0.2, 0) is 6.54 Å². The molecule has 19 heavy (non-hydrogen) atoms. The summed E-state index contributed by atoms with van der Waals surface area (Å²) in [6.45, 7) is 2.32. The van der Waals surface area contributed by atoms with Crippen LogP contribution in [0.15, 0.2) is 42.5 Å². The van der Waals surface area contributed by atoms with E-state index >= 15 is 0 Å². The Kier molecular flexibility index (Phi) is 3.80. The van der Waals surface area contributed by atoms with Gasteiger partial charge in [0.15, 0.2) is 0 Å². The summed E-state index contributed by atoms with van der Waals surface area (Å²) >= 11 is 0. The van der Waals surface area contributed by atoms with Gasteiger partial charge in [-0.25, -0.2) is 9.18 Å². The molecule has 98 valence electrons. The smallest absolute Gasteiger partial charge is 0.335 e. The number of aromatic carboxylic acids is 1. The highest BCUT2D eigenvalue weighted by Crippen LogP contribution is 2.16. The molecule has 2 N–H and O–H groups in total. The number of hydrogen-bond donors (Lipinski definition) is 2. The van der Waals surface area contributed by atoms with E-state index < -0.39 is 5.97 Å². The van der Waals surface area contributed by atoms with Crippen LogP contribution in [0.5, 0.6) is 0 Å². The van der Waals surface area contributed by atoms with Crippen LogP contribution in [0, 0.1) is 12.7 Å². The van der Waals surface area contributed by atoms with Crippen molar-refractivity contribution in [2.45, 2.75) is 13.5 Å².